The average molecular weight is 297 g/mol. The Bertz CT molecular complexity index is 738. The van der Waals surface area contributed by atoms with Crippen molar-refractivity contribution in [3.05, 3.63) is 64.9 Å². The first-order valence-electron chi connectivity index (χ1n) is 7.37. The average Bonchev–Trinajstić information content (AvgIpc) is 2.91. The van der Waals surface area contributed by atoms with Crippen LogP contribution in [0.3, 0.4) is 0 Å². The highest BCUT2D eigenvalue weighted by Gasteiger charge is 2.30. The second kappa shape index (κ2) is 5.77. The quantitative estimate of drug-likeness (QED) is 0.506. The van der Waals surface area contributed by atoms with Gasteiger partial charge in [0.25, 0.3) is 5.69 Å². The van der Waals surface area contributed by atoms with Gasteiger partial charge in [-0.05, 0) is 24.5 Å². The van der Waals surface area contributed by atoms with E-state index in [1.165, 1.54) is 0 Å². The zero-order valence-corrected chi connectivity index (χ0v) is 12.4. The summed E-state index contributed by atoms with van der Waals surface area (Å²) in [6, 6.07) is 3.63. The van der Waals surface area contributed by atoms with Crippen LogP contribution in [0.5, 0.6) is 0 Å². The number of nitro benzene ring substituents is 1. The van der Waals surface area contributed by atoms with Crippen LogP contribution in [0.1, 0.15) is 11.1 Å². The minimum Gasteiger partial charge on any atom is -0.361 e. The number of nitrogens with one attached hydrogen (secondary N) is 1. The first kappa shape index (κ1) is 14.5. The summed E-state index contributed by atoms with van der Waals surface area (Å²) >= 11 is 0. The van der Waals surface area contributed by atoms with Gasteiger partial charge in [-0.1, -0.05) is 12.2 Å². The van der Waals surface area contributed by atoms with Crippen LogP contribution in [0, 0.1) is 10.1 Å². The second-order valence-electron chi connectivity index (χ2n) is 5.65. The summed E-state index contributed by atoms with van der Waals surface area (Å²) < 4.78 is 0. The number of rotatable bonds is 6. The molecule has 0 aliphatic heterocycles. The third-order valence-corrected chi connectivity index (χ3v) is 4.35. The summed E-state index contributed by atoms with van der Waals surface area (Å²) in [7, 11) is 0. The summed E-state index contributed by atoms with van der Waals surface area (Å²) in [5.74, 6) is 0. The molecule has 0 saturated heterocycles. The molecule has 1 aliphatic rings. The first-order chi connectivity index (χ1) is 10.7. The van der Waals surface area contributed by atoms with E-state index in [1.54, 1.807) is 12.1 Å². The number of aromatic nitrogens is 1. The SMILES string of the molecule is C=CCN(CC=C)C1Cc2c[nH]c3ccc([N+](=O)[O-])c(c23)C1. The third-order valence-electron chi connectivity index (χ3n) is 4.35. The Morgan fingerprint density at radius 2 is 2.05 bits per heavy atom. The van der Waals surface area contributed by atoms with Crippen molar-refractivity contribution in [1.29, 1.82) is 0 Å². The van der Waals surface area contributed by atoms with Gasteiger partial charge in [-0.15, -0.1) is 13.2 Å². The molecule has 1 N–H and O–H groups in total. The van der Waals surface area contributed by atoms with Gasteiger partial charge in [0, 0.05) is 47.9 Å². The third kappa shape index (κ3) is 2.33. The van der Waals surface area contributed by atoms with Crippen LogP contribution in [0.2, 0.25) is 0 Å². The molecule has 114 valence electrons. The molecule has 0 amide bonds. The van der Waals surface area contributed by atoms with E-state index >= 15 is 0 Å². The Hall–Kier alpha value is -2.40. The smallest absolute Gasteiger partial charge is 0.273 e. The molecule has 0 saturated carbocycles. The Labute approximate surface area is 129 Å². The summed E-state index contributed by atoms with van der Waals surface area (Å²) in [5.41, 5.74) is 3.19. The van der Waals surface area contributed by atoms with Crippen molar-refractivity contribution in [3.63, 3.8) is 0 Å². The molecule has 1 aromatic carbocycles. The van der Waals surface area contributed by atoms with Crippen molar-refractivity contribution in [2.75, 3.05) is 13.1 Å². The topological polar surface area (TPSA) is 62.2 Å². The van der Waals surface area contributed by atoms with E-state index in [4.69, 9.17) is 0 Å². The monoisotopic (exact) mass is 297 g/mol. The lowest BCUT2D eigenvalue weighted by Crippen LogP contribution is -2.40. The molecule has 1 aromatic heterocycles. The molecule has 1 heterocycles. The van der Waals surface area contributed by atoms with Crippen molar-refractivity contribution < 1.29 is 4.92 Å². The second-order valence-corrected chi connectivity index (χ2v) is 5.65. The van der Waals surface area contributed by atoms with Crippen LogP contribution in [0.15, 0.2) is 43.6 Å². The molecule has 5 nitrogen and oxygen atoms in total. The summed E-state index contributed by atoms with van der Waals surface area (Å²) in [6.07, 6.45) is 7.27. The molecule has 1 aliphatic carbocycles. The van der Waals surface area contributed by atoms with Crippen LogP contribution in [0.25, 0.3) is 10.9 Å². The molecule has 0 spiro atoms. The minimum atomic E-state index is -0.278. The first-order valence-corrected chi connectivity index (χ1v) is 7.37. The van der Waals surface area contributed by atoms with Gasteiger partial charge in [-0.2, -0.15) is 0 Å². The largest absolute Gasteiger partial charge is 0.361 e. The van der Waals surface area contributed by atoms with Gasteiger partial charge in [-0.25, -0.2) is 0 Å². The summed E-state index contributed by atoms with van der Waals surface area (Å²) in [4.78, 5) is 16.6. The van der Waals surface area contributed by atoms with E-state index in [2.05, 4.69) is 23.0 Å². The lowest BCUT2D eigenvalue weighted by atomic mass is 9.87. The molecule has 0 radical (unpaired) electrons. The number of hydrogen-bond donors (Lipinski definition) is 1. The van der Waals surface area contributed by atoms with Crippen LogP contribution < -0.4 is 0 Å². The van der Waals surface area contributed by atoms with Gasteiger partial charge in [0.15, 0.2) is 0 Å². The van der Waals surface area contributed by atoms with Gasteiger partial charge in [0.1, 0.15) is 0 Å². The van der Waals surface area contributed by atoms with Crippen LogP contribution >= 0.6 is 0 Å². The molecule has 2 aromatic rings. The lowest BCUT2D eigenvalue weighted by molar-refractivity contribution is -0.385. The van der Waals surface area contributed by atoms with Crippen LogP contribution in [-0.2, 0) is 12.8 Å². The van der Waals surface area contributed by atoms with E-state index in [9.17, 15) is 10.1 Å². The molecular formula is C17H19N3O2. The van der Waals surface area contributed by atoms with Gasteiger partial charge >= 0.3 is 0 Å². The highest BCUT2D eigenvalue weighted by molar-refractivity contribution is 5.90. The number of nitrogens with zero attached hydrogens (tertiary/aromatic N) is 2. The number of H-pyrrole nitrogens is 1. The fourth-order valence-corrected chi connectivity index (χ4v) is 3.42. The van der Waals surface area contributed by atoms with Crippen molar-refractivity contribution >= 4 is 16.6 Å². The minimum absolute atomic E-state index is 0.218. The van der Waals surface area contributed by atoms with Crippen LogP contribution in [0.4, 0.5) is 5.69 Å². The number of aromatic amines is 1. The van der Waals surface area contributed by atoms with Crippen molar-refractivity contribution in [2.45, 2.75) is 18.9 Å². The van der Waals surface area contributed by atoms with E-state index < -0.39 is 0 Å². The zero-order valence-electron chi connectivity index (χ0n) is 12.4. The number of benzene rings is 1. The fraction of sp³-hybridized carbons (Fsp3) is 0.294. The van der Waals surface area contributed by atoms with E-state index in [0.717, 1.165) is 41.5 Å². The maximum absolute atomic E-state index is 11.4. The molecule has 1 unspecified atom stereocenters. The van der Waals surface area contributed by atoms with E-state index in [-0.39, 0.29) is 16.7 Å². The lowest BCUT2D eigenvalue weighted by Gasteiger charge is -2.32. The highest BCUT2D eigenvalue weighted by Crippen LogP contribution is 2.36. The Kier molecular flexibility index (Phi) is 3.81. The van der Waals surface area contributed by atoms with Crippen molar-refractivity contribution in [3.8, 4) is 0 Å². The summed E-state index contributed by atoms with van der Waals surface area (Å²) in [5, 5.41) is 12.4. The van der Waals surface area contributed by atoms with E-state index in [0.29, 0.717) is 6.42 Å². The molecule has 1 atom stereocenters. The van der Waals surface area contributed by atoms with Crippen molar-refractivity contribution in [1.82, 2.24) is 9.88 Å². The summed E-state index contributed by atoms with van der Waals surface area (Å²) in [6.45, 7) is 9.11. The van der Waals surface area contributed by atoms with Gasteiger partial charge in [-0.3, -0.25) is 15.0 Å². The van der Waals surface area contributed by atoms with Gasteiger partial charge in [0.2, 0.25) is 0 Å². The molecule has 22 heavy (non-hydrogen) atoms. The number of hydrogen-bond acceptors (Lipinski definition) is 3. The highest BCUT2D eigenvalue weighted by atomic mass is 16.6. The zero-order chi connectivity index (χ0) is 15.7. The van der Waals surface area contributed by atoms with Crippen LogP contribution in [-0.4, -0.2) is 33.9 Å². The maximum atomic E-state index is 11.4. The molecule has 3 rings (SSSR count). The Morgan fingerprint density at radius 1 is 1.32 bits per heavy atom. The standard InChI is InChI=1S/C17H19N3O2/c1-3-7-19(8-4-2)13-9-12-11-18-15-5-6-16(20(21)22)14(10-13)17(12)15/h3-6,11,13,18H,1-2,7-10H2. The normalized spacial score (nSPS) is 16.9. The molecule has 0 bridgehead atoms. The van der Waals surface area contributed by atoms with Gasteiger partial charge < -0.3 is 4.98 Å². The van der Waals surface area contributed by atoms with E-state index in [1.807, 2.05) is 18.3 Å². The molecule has 5 heteroatoms. The maximum Gasteiger partial charge on any atom is 0.273 e. The Balaban J connectivity index is 2.05. The van der Waals surface area contributed by atoms with Gasteiger partial charge in [0.05, 0.1) is 4.92 Å². The molecular weight excluding hydrogens is 278 g/mol. The predicted octanol–water partition coefficient (Wildman–Crippen LogP) is 3.22. The Morgan fingerprint density at radius 3 is 2.68 bits per heavy atom. The molecule has 0 fully saturated rings. The van der Waals surface area contributed by atoms with Crippen molar-refractivity contribution in [2.24, 2.45) is 0 Å². The predicted molar refractivity (Wildman–Crippen MR) is 88.1 cm³/mol. The fourth-order valence-electron chi connectivity index (χ4n) is 3.42. The number of nitro groups is 1.